The third kappa shape index (κ3) is 15.3. The van der Waals surface area contributed by atoms with Crippen LogP contribution in [0.15, 0.2) is 30.3 Å². The van der Waals surface area contributed by atoms with E-state index < -0.39 is 47.3 Å². The van der Waals surface area contributed by atoms with Gasteiger partial charge < -0.3 is 30.4 Å². The molecule has 12 nitrogen and oxygen atoms in total. The number of hydrogen-bond acceptors (Lipinski definition) is 9. The van der Waals surface area contributed by atoms with Gasteiger partial charge in [-0.1, -0.05) is 43.2 Å². The van der Waals surface area contributed by atoms with Crippen molar-refractivity contribution < 1.29 is 38.5 Å². The number of ether oxygens (including phenoxy) is 3. The molecule has 0 aromatic heterocycles. The highest BCUT2D eigenvalue weighted by Crippen LogP contribution is 2.14. The Kier molecular flexibility index (Phi) is 14.4. The maximum absolute atomic E-state index is 12.9. The number of hydrogen-bond donors (Lipinski definition) is 4. The number of nitrogens with two attached hydrogens (primary N) is 1. The fraction of sp³-hybridized carbons (Fsp3) is 0.643. The van der Waals surface area contributed by atoms with Crippen LogP contribution < -0.4 is 16.5 Å². The maximum Gasteiger partial charge on any atom is 0.424 e. The summed E-state index contributed by atoms with van der Waals surface area (Å²) >= 11 is 0. The standard InChI is InChI=1S/C28H46N4O8/c1-27(2,3)39-24(35)21(22(29)23(33)34)18-31-32(26(37)38-19-20-14-10-9-11-15-20)17-13-8-7-12-16-30-25(36)40-28(4,5)6/h9-11,14-15,21-22,31H,7-8,12-13,16-19,29H2,1-6H3,(H,30,36)(H,33,34)/t21-,22?/m0/s1. The number of amides is 2. The van der Waals surface area contributed by atoms with Crippen molar-refractivity contribution in [1.29, 1.82) is 0 Å². The van der Waals surface area contributed by atoms with Crippen molar-refractivity contribution in [2.45, 2.75) is 91.1 Å². The quantitative estimate of drug-likeness (QED) is 0.106. The average Bonchev–Trinajstić information content (AvgIpc) is 2.83. The minimum Gasteiger partial charge on any atom is -0.480 e. The number of carboxylic acid groups (broad SMARTS) is 1. The molecule has 0 aliphatic carbocycles. The molecule has 2 atom stereocenters. The van der Waals surface area contributed by atoms with E-state index in [1.807, 2.05) is 30.3 Å². The minimum atomic E-state index is -1.54. The average molecular weight is 567 g/mol. The van der Waals surface area contributed by atoms with Crippen molar-refractivity contribution in [3.8, 4) is 0 Å². The first-order chi connectivity index (χ1) is 18.6. The summed E-state index contributed by atoms with van der Waals surface area (Å²) in [4.78, 5) is 48.9. The lowest BCUT2D eigenvalue weighted by atomic mass is 10.0. The number of alkyl carbamates (subject to hydrolysis) is 1. The summed E-state index contributed by atoms with van der Waals surface area (Å²) in [6.07, 6.45) is 1.68. The van der Waals surface area contributed by atoms with E-state index in [9.17, 15) is 24.3 Å². The number of unbranched alkanes of at least 4 members (excludes halogenated alkanes) is 3. The van der Waals surface area contributed by atoms with Gasteiger partial charge in [0.25, 0.3) is 0 Å². The Balaban J connectivity index is 2.73. The molecule has 0 radical (unpaired) electrons. The number of carboxylic acids is 1. The van der Waals surface area contributed by atoms with Gasteiger partial charge in [-0.15, -0.1) is 0 Å². The molecule has 0 saturated carbocycles. The molecule has 0 aliphatic heterocycles. The summed E-state index contributed by atoms with van der Waals surface area (Å²) in [6, 6.07) is 7.61. The first-order valence-corrected chi connectivity index (χ1v) is 13.5. The maximum atomic E-state index is 12.9. The first-order valence-electron chi connectivity index (χ1n) is 13.5. The molecule has 0 bridgehead atoms. The van der Waals surface area contributed by atoms with E-state index in [4.69, 9.17) is 19.9 Å². The molecule has 0 heterocycles. The second kappa shape index (κ2) is 16.7. The van der Waals surface area contributed by atoms with Gasteiger partial charge in [0, 0.05) is 19.6 Å². The van der Waals surface area contributed by atoms with Gasteiger partial charge >= 0.3 is 24.1 Å². The van der Waals surface area contributed by atoms with Gasteiger partial charge in [-0.2, -0.15) is 0 Å². The highest BCUT2D eigenvalue weighted by Gasteiger charge is 2.35. The summed E-state index contributed by atoms with van der Waals surface area (Å²) in [5.74, 6) is -3.40. The number of aliphatic carboxylic acids is 1. The van der Waals surface area contributed by atoms with E-state index >= 15 is 0 Å². The largest absolute Gasteiger partial charge is 0.480 e. The number of carbonyl (C=O) groups excluding carboxylic acids is 3. The fourth-order valence-electron chi connectivity index (χ4n) is 3.40. The number of esters is 1. The van der Waals surface area contributed by atoms with Gasteiger partial charge in [-0.3, -0.25) is 9.59 Å². The van der Waals surface area contributed by atoms with Crippen LogP contribution in [0.2, 0.25) is 0 Å². The zero-order valence-corrected chi connectivity index (χ0v) is 24.5. The smallest absolute Gasteiger partial charge is 0.424 e. The normalized spacial score (nSPS) is 13.1. The summed E-state index contributed by atoms with van der Waals surface area (Å²) in [7, 11) is 0. The van der Waals surface area contributed by atoms with Crippen LogP contribution in [0.3, 0.4) is 0 Å². The van der Waals surface area contributed by atoms with Crippen molar-refractivity contribution in [1.82, 2.24) is 15.8 Å². The van der Waals surface area contributed by atoms with Crippen molar-refractivity contribution in [2.24, 2.45) is 11.7 Å². The zero-order chi connectivity index (χ0) is 30.3. The molecular formula is C28H46N4O8. The SMILES string of the molecule is CC(C)(C)OC(=O)NCCCCCCN(NC[C@H](C(=O)OC(C)(C)C)C(N)C(=O)O)C(=O)OCc1ccccc1. The van der Waals surface area contributed by atoms with E-state index in [2.05, 4.69) is 10.7 Å². The van der Waals surface area contributed by atoms with E-state index in [-0.39, 0.29) is 19.7 Å². The van der Waals surface area contributed by atoms with Crippen LogP contribution in [0.4, 0.5) is 9.59 Å². The summed E-state index contributed by atoms with van der Waals surface area (Å²) < 4.78 is 16.0. The predicted molar refractivity (Wildman–Crippen MR) is 149 cm³/mol. The molecule has 226 valence electrons. The highest BCUT2D eigenvalue weighted by atomic mass is 16.6. The molecular weight excluding hydrogens is 520 g/mol. The molecule has 12 heteroatoms. The van der Waals surface area contributed by atoms with Crippen molar-refractivity contribution in [3.05, 3.63) is 35.9 Å². The van der Waals surface area contributed by atoms with Crippen molar-refractivity contribution in [3.63, 3.8) is 0 Å². The number of carbonyl (C=O) groups is 4. The Morgan fingerprint density at radius 1 is 0.925 bits per heavy atom. The molecule has 0 spiro atoms. The summed E-state index contributed by atoms with van der Waals surface area (Å²) in [6.45, 7) is 10.9. The third-order valence-corrected chi connectivity index (χ3v) is 5.33. The van der Waals surface area contributed by atoms with Crippen LogP contribution in [-0.2, 0) is 30.4 Å². The molecule has 0 fully saturated rings. The van der Waals surface area contributed by atoms with Crippen LogP contribution in [0.25, 0.3) is 0 Å². The Morgan fingerprint density at radius 2 is 1.52 bits per heavy atom. The first kappa shape index (κ1) is 34.6. The van der Waals surface area contributed by atoms with E-state index in [1.54, 1.807) is 41.5 Å². The van der Waals surface area contributed by atoms with Crippen LogP contribution in [0, 0.1) is 5.92 Å². The number of nitrogens with zero attached hydrogens (tertiary/aromatic N) is 1. The van der Waals surface area contributed by atoms with Gasteiger partial charge in [0.2, 0.25) is 0 Å². The summed E-state index contributed by atoms with van der Waals surface area (Å²) in [5, 5.41) is 13.3. The molecule has 1 aromatic rings. The number of nitrogens with one attached hydrogen (secondary N) is 2. The fourth-order valence-corrected chi connectivity index (χ4v) is 3.40. The third-order valence-electron chi connectivity index (χ3n) is 5.33. The predicted octanol–water partition coefficient (Wildman–Crippen LogP) is 3.58. The number of hydrazine groups is 1. The Bertz CT molecular complexity index is 944. The number of benzene rings is 1. The van der Waals surface area contributed by atoms with Gasteiger partial charge in [0.15, 0.2) is 0 Å². The zero-order valence-electron chi connectivity index (χ0n) is 24.5. The van der Waals surface area contributed by atoms with E-state index in [1.165, 1.54) is 5.01 Å². The Labute approximate surface area is 236 Å². The second-order valence-corrected chi connectivity index (χ2v) is 11.4. The lowest BCUT2D eigenvalue weighted by Gasteiger charge is -2.29. The van der Waals surface area contributed by atoms with Gasteiger partial charge in [0.1, 0.15) is 23.9 Å². The van der Waals surface area contributed by atoms with Crippen molar-refractivity contribution in [2.75, 3.05) is 19.6 Å². The molecule has 2 amide bonds. The van der Waals surface area contributed by atoms with Crippen molar-refractivity contribution >= 4 is 24.1 Å². The minimum absolute atomic E-state index is 0.0400. The summed E-state index contributed by atoms with van der Waals surface area (Å²) in [5.41, 5.74) is 8.01. The van der Waals surface area contributed by atoms with Crippen LogP contribution in [0.5, 0.6) is 0 Å². The Hall–Kier alpha value is -3.38. The molecule has 0 saturated heterocycles. The molecule has 0 aliphatic rings. The molecule has 1 unspecified atom stereocenters. The molecule has 1 rings (SSSR count). The van der Waals surface area contributed by atoms with Gasteiger partial charge in [-0.25, -0.2) is 20.0 Å². The molecule has 5 N–H and O–H groups in total. The van der Waals surface area contributed by atoms with E-state index in [0.717, 1.165) is 24.8 Å². The monoisotopic (exact) mass is 566 g/mol. The lowest BCUT2D eigenvalue weighted by molar-refractivity contribution is -0.164. The van der Waals surface area contributed by atoms with Crippen LogP contribution in [-0.4, -0.2) is 71.1 Å². The highest BCUT2D eigenvalue weighted by molar-refractivity contribution is 5.83. The molecule has 40 heavy (non-hydrogen) atoms. The lowest BCUT2D eigenvalue weighted by Crippen LogP contribution is -2.53. The topological polar surface area (TPSA) is 170 Å². The number of rotatable bonds is 15. The molecule has 1 aromatic carbocycles. The van der Waals surface area contributed by atoms with Gasteiger partial charge in [-0.05, 0) is 59.9 Å². The van der Waals surface area contributed by atoms with E-state index in [0.29, 0.717) is 13.0 Å². The van der Waals surface area contributed by atoms with Crippen LogP contribution in [0.1, 0.15) is 72.8 Å². The second-order valence-electron chi connectivity index (χ2n) is 11.4. The Morgan fingerprint density at radius 3 is 2.10 bits per heavy atom. The van der Waals surface area contributed by atoms with Gasteiger partial charge in [0.05, 0.1) is 5.92 Å². The van der Waals surface area contributed by atoms with Crippen LogP contribution >= 0.6 is 0 Å².